The highest BCUT2D eigenvalue weighted by Gasteiger charge is 2.53. The molecule has 8 heteroatoms. The maximum absolute atomic E-state index is 12.8. The van der Waals surface area contributed by atoms with Crippen LogP contribution in [0.15, 0.2) is 18.3 Å². The Morgan fingerprint density at radius 3 is 2.81 bits per heavy atom. The molecule has 1 aromatic heterocycles. The summed E-state index contributed by atoms with van der Waals surface area (Å²) in [6.45, 7) is 1.61. The van der Waals surface area contributed by atoms with Gasteiger partial charge in [-0.3, -0.25) is 14.6 Å². The molecule has 0 aliphatic heterocycles. The SMILES string of the molecule is CCOC(=O)C1(CCS(=O)(=O)F)Cc2ncccc2C1=O. The van der Waals surface area contributed by atoms with Gasteiger partial charge in [-0.15, -0.1) is 3.89 Å². The standard InChI is InChI=1S/C13H14FNO5S/c1-2-20-12(17)13(5-7-21(14,18)19)8-10-9(11(13)16)4-3-6-15-10/h3-4,6H,2,5,7-8H2,1H3. The molecule has 0 amide bonds. The smallest absolute Gasteiger partial charge is 0.320 e. The molecule has 0 N–H and O–H groups in total. The molecule has 0 aromatic carbocycles. The van der Waals surface area contributed by atoms with Crippen molar-refractivity contribution >= 4 is 22.0 Å². The zero-order valence-corrected chi connectivity index (χ0v) is 12.2. The molecule has 0 fully saturated rings. The Morgan fingerprint density at radius 1 is 1.52 bits per heavy atom. The van der Waals surface area contributed by atoms with E-state index in [-0.39, 0.29) is 18.6 Å². The highest BCUT2D eigenvalue weighted by molar-refractivity contribution is 7.86. The monoisotopic (exact) mass is 315 g/mol. The number of halogens is 1. The summed E-state index contributed by atoms with van der Waals surface area (Å²) in [4.78, 5) is 28.7. The number of nitrogens with zero attached hydrogens (tertiary/aromatic N) is 1. The molecule has 1 heterocycles. The van der Waals surface area contributed by atoms with Gasteiger partial charge in [-0.05, 0) is 25.5 Å². The number of Topliss-reactive ketones (excluding diaryl/α,β-unsaturated/α-hetero) is 1. The van der Waals surface area contributed by atoms with Crippen molar-refractivity contribution in [3.05, 3.63) is 29.6 Å². The Labute approximate surface area is 121 Å². The summed E-state index contributed by atoms with van der Waals surface area (Å²) in [5.41, 5.74) is -1.06. The lowest BCUT2D eigenvalue weighted by molar-refractivity contribution is -0.152. The molecule has 1 aliphatic carbocycles. The quantitative estimate of drug-likeness (QED) is 0.458. The van der Waals surface area contributed by atoms with E-state index in [0.29, 0.717) is 5.69 Å². The Kier molecular flexibility index (Phi) is 4.08. The lowest BCUT2D eigenvalue weighted by Crippen LogP contribution is -2.40. The minimum absolute atomic E-state index is 0.0417. The van der Waals surface area contributed by atoms with Gasteiger partial charge in [0.2, 0.25) is 0 Å². The summed E-state index contributed by atoms with van der Waals surface area (Å²) in [6.07, 6.45) is 0.940. The fraction of sp³-hybridized carbons (Fsp3) is 0.462. The number of carbonyl (C=O) groups is 2. The zero-order chi connectivity index (χ0) is 15.7. The molecule has 1 aromatic rings. The maximum Gasteiger partial charge on any atom is 0.320 e. The molecule has 2 rings (SSSR count). The summed E-state index contributed by atoms with van der Waals surface area (Å²) < 4.78 is 39.2. The topological polar surface area (TPSA) is 90.4 Å². The van der Waals surface area contributed by atoms with E-state index in [1.54, 1.807) is 13.0 Å². The van der Waals surface area contributed by atoms with Gasteiger partial charge in [0.05, 0.1) is 18.1 Å². The number of ether oxygens (including phenoxy) is 1. The van der Waals surface area contributed by atoms with Gasteiger partial charge in [0.1, 0.15) is 5.41 Å². The Balaban J connectivity index is 2.40. The van der Waals surface area contributed by atoms with Crippen LogP contribution in [0.3, 0.4) is 0 Å². The van der Waals surface area contributed by atoms with E-state index in [2.05, 4.69) is 4.98 Å². The van der Waals surface area contributed by atoms with Crippen LogP contribution in [0.25, 0.3) is 0 Å². The average Bonchev–Trinajstić information content (AvgIpc) is 2.71. The molecule has 0 saturated carbocycles. The second-order valence-corrected chi connectivity index (χ2v) is 6.29. The van der Waals surface area contributed by atoms with Gasteiger partial charge in [0.15, 0.2) is 5.78 Å². The molecule has 0 spiro atoms. The van der Waals surface area contributed by atoms with Gasteiger partial charge in [0, 0.05) is 18.2 Å². The summed E-state index contributed by atoms with van der Waals surface area (Å²) >= 11 is 0. The average molecular weight is 315 g/mol. The normalized spacial score (nSPS) is 21.1. The predicted octanol–water partition coefficient (Wildman–Crippen LogP) is 1.06. The summed E-state index contributed by atoms with van der Waals surface area (Å²) in [7, 11) is -4.79. The van der Waals surface area contributed by atoms with Crippen molar-refractivity contribution < 1.29 is 26.6 Å². The van der Waals surface area contributed by atoms with Gasteiger partial charge in [-0.2, -0.15) is 8.42 Å². The minimum Gasteiger partial charge on any atom is -0.465 e. The number of pyridine rings is 1. The van der Waals surface area contributed by atoms with Crippen molar-refractivity contribution in [2.24, 2.45) is 5.41 Å². The molecule has 1 aliphatic rings. The Morgan fingerprint density at radius 2 is 2.24 bits per heavy atom. The first-order chi connectivity index (χ1) is 9.80. The van der Waals surface area contributed by atoms with Crippen LogP contribution >= 0.6 is 0 Å². The number of esters is 1. The molecule has 0 bridgehead atoms. The van der Waals surface area contributed by atoms with Crippen molar-refractivity contribution in [1.29, 1.82) is 0 Å². The largest absolute Gasteiger partial charge is 0.465 e. The third-order valence-electron chi connectivity index (χ3n) is 3.48. The van der Waals surface area contributed by atoms with E-state index in [9.17, 15) is 21.9 Å². The molecule has 114 valence electrons. The molecule has 0 radical (unpaired) electrons. The van der Waals surface area contributed by atoms with E-state index >= 15 is 0 Å². The van der Waals surface area contributed by atoms with Gasteiger partial charge in [0.25, 0.3) is 0 Å². The second kappa shape index (κ2) is 5.51. The van der Waals surface area contributed by atoms with Crippen LogP contribution in [-0.4, -0.2) is 37.5 Å². The van der Waals surface area contributed by atoms with E-state index < -0.39 is 39.6 Å². The van der Waals surface area contributed by atoms with Crippen LogP contribution in [0.2, 0.25) is 0 Å². The first-order valence-corrected chi connectivity index (χ1v) is 7.93. The van der Waals surface area contributed by atoms with Crippen LogP contribution in [0, 0.1) is 5.41 Å². The van der Waals surface area contributed by atoms with E-state index in [0.717, 1.165) is 0 Å². The van der Waals surface area contributed by atoms with Crippen LogP contribution in [0.4, 0.5) is 3.89 Å². The molecule has 1 unspecified atom stereocenters. The first-order valence-electron chi connectivity index (χ1n) is 6.38. The number of rotatable bonds is 5. The number of aromatic nitrogens is 1. The Hall–Kier alpha value is -1.83. The minimum atomic E-state index is -4.79. The van der Waals surface area contributed by atoms with Crippen molar-refractivity contribution in [3.8, 4) is 0 Å². The third kappa shape index (κ3) is 2.94. The molecular weight excluding hydrogens is 301 g/mol. The zero-order valence-electron chi connectivity index (χ0n) is 11.3. The van der Waals surface area contributed by atoms with Gasteiger partial charge >= 0.3 is 16.2 Å². The van der Waals surface area contributed by atoms with Crippen molar-refractivity contribution in [1.82, 2.24) is 4.98 Å². The summed E-state index contributed by atoms with van der Waals surface area (Å²) in [5.74, 6) is -2.31. The lowest BCUT2D eigenvalue weighted by Gasteiger charge is -2.23. The highest BCUT2D eigenvalue weighted by Crippen LogP contribution is 2.40. The van der Waals surface area contributed by atoms with Crippen LogP contribution < -0.4 is 0 Å². The highest BCUT2D eigenvalue weighted by atomic mass is 32.3. The van der Waals surface area contributed by atoms with Crippen LogP contribution in [0.1, 0.15) is 29.4 Å². The number of fused-ring (bicyclic) bond motifs is 1. The fourth-order valence-corrected chi connectivity index (χ4v) is 3.04. The van der Waals surface area contributed by atoms with Crippen molar-refractivity contribution in [2.45, 2.75) is 19.8 Å². The van der Waals surface area contributed by atoms with Crippen molar-refractivity contribution in [2.75, 3.05) is 12.4 Å². The van der Waals surface area contributed by atoms with Gasteiger partial charge in [-0.25, -0.2) is 0 Å². The van der Waals surface area contributed by atoms with Crippen LogP contribution in [-0.2, 0) is 26.2 Å². The maximum atomic E-state index is 12.8. The summed E-state index contributed by atoms with van der Waals surface area (Å²) in [5, 5.41) is 0. The summed E-state index contributed by atoms with van der Waals surface area (Å²) in [6, 6.07) is 3.06. The van der Waals surface area contributed by atoms with E-state index in [1.165, 1.54) is 12.3 Å². The van der Waals surface area contributed by atoms with Crippen molar-refractivity contribution in [3.63, 3.8) is 0 Å². The molecule has 6 nitrogen and oxygen atoms in total. The predicted molar refractivity (Wildman–Crippen MR) is 70.8 cm³/mol. The number of hydrogen-bond acceptors (Lipinski definition) is 6. The molecule has 1 atom stereocenters. The van der Waals surface area contributed by atoms with Gasteiger partial charge < -0.3 is 4.74 Å². The molecular formula is C13H14FNO5S. The lowest BCUT2D eigenvalue weighted by atomic mass is 9.81. The van der Waals surface area contributed by atoms with E-state index in [1.807, 2.05) is 0 Å². The fourth-order valence-electron chi connectivity index (χ4n) is 2.44. The van der Waals surface area contributed by atoms with E-state index in [4.69, 9.17) is 4.74 Å². The van der Waals surface area contributed by atoms with Gasteiger partial charge in [-0.1, -0.05) is 0 Å². The Bertz CT molecular complexity index is 688. The number of hydrogen-bond donors (Lipinski definition) is 0. The first kappa shape index (κ1) is 15.6. The third-order valence-corrected chi connectivity index (χ3v) is 4.17. The number of ketones is 1. The van der Waals surface area contributed by atoms with Crippen LogP contribution in [0.5, 0.6) is 0 Å². The number of carbonyl (C=O) groups excluding carboxylic acids is 2. The molecule has 21 heavy (non-hydrogen) atoms. The molecule has 0 saturated heterocycles. The second-order valence-electron chi connectivity index (χ2n) is 4.80.